The van der Waals surface area contributed by atoms with E-state index in [2.05, 4.69) is 11.1 Å². The quantitative estimate of drug-likeness (QED) is 0.775. The van der Waals surface area contributed by atoms with E-state index >= 15 is 0 Å². The Morgan fingerprint density at radius 1 is 1.22 bits per heavy atom. The van der Waals surface area contributed by atoms with Crippen LogP contribution in [0, 0.1) is 11.3 Å². The first-order valence-electron chi connectivity index (χ1n) is 6.69. The van der Waals surface area contributed by atoms with Crippen molar-refractivity contribution in [2.45, 2.75) is 0 Å². The topological polar surface area (TPSA) is 99.1 Å². The number of phenols is 1. The van der Waals surface area contributed by atoms with Crippen LogP contribution in [-0.2, 0) is 0 Å². The maximum Gasteiger partial charge on any atom is 0.335 e. The van der Waals surface area contributed by atoms with Gasteiger partial charge in [0.05, 0.1) is 11.1 Å². The Labute approximate surface area is 131 Å². The number of benzene rings is 1. The highest BCUT2D eigenvalue weighted by Gasteiger charge is 2.12. The van der Waals surface area contributed by atoms with Gasteiger partial charge in [-0.15, -0.1) is 0 Å². The zero-order valence-corrected chi connectivity index (χ0v) is 11.8. The smallest absolute Gasteiger partial charge is 0.335 e. The molecule has 112 valence electrons. The lowest BCUT2D eigenvalue weighted by atomic mass is 10.1. The number of phenolic OH excluding ortho intramolecular Hbond substituents is 1. The standard InChI is InChI=1S/C17H11N3O3/c18-8-13-9-20(16-7-12(17(22)23)4-5-19-16)10-15(13)11-2-1-3-14(21)6-11/h1-7,9-10,21H,(H,22,23). The van der Waals surface area contributed by atoms with E-state index in [-0.39, 0.29) is 11.3 Å². The third-order valence-electron chi connectivity index (χ3n) is 3.36. The van der Waals surface area contributed by atoms with Gasteiger partial charge in [-0.2, -0.15) is 5.26 Å². The second-order valence-corrected chi connectivity index (χ2v) is 4.86. The molecular weight excluding hydrogens is 294 g/mol. The van der Waals surface area contributed by atoms with Crippen LogP contribution in [0.25, 0.3) is 16.9 Å². The van der Waals surface area contributed by atoms with Gasteiger partial charge in [0.25, 0.3) is 0 Å². The van der Waals surface area contributed by atoms with E-state index in [4.69, 9.17) is 5.11 Å². The van der Waals surface area contributed by atoms with Gasteiger partial charge in [-0.1, -0.05) is 12.1 Å². The van der Waals surface area contributed by atoms with E-state index in [1.807, 2.05) is 0 Å². The Morgan fingerprint density at radius 3 is 2.74 bits per heavy atom. The van der Waals surface area contributed by atoms with Crippen molar-refractivity contribution in [1.29, 1.82) is 5.26 Å². The largest absolute Gasteiger partial charge is 0.508 e. The van der Waals surface area contributed by atoms with Crippen LogP contribution in [0.3, 0.4) is 0 Å². The summed E-state index contributed by atoms with van der Waals surface area (Å²) in [6.07, 6.45) is 4.66. The van der Waals surface area contributed by atoms with Gasteiger partial charge in [-0.3, -0.25) is 0 Å². The lowest BCUT2D eigenvalue weighted by Gasteiger charge is -2.03. The number of carboxylic acids is 1. The number of aromatic carboxylic acids is 1. The molecule has 2 heterocycles. The second kappa shape index (κ2) is 5.66. The molecule has 0 fully saturated rings. The molecule has 0 aliphatic carbocycles. The first-order valence-corrected chi connectivity index (χ1v) is 6.69. The number of carboxylic acid groups (broad SMARTS) is 1. The summed E-state index contributed by atoms with van der Waals surface area (Å²) in [4.78, 5) is 15.2. The minimum absolute atomic E-state index is 0.102. The Morgan fingerprint density at radius 2 is 2.04 bits per heavy atom. The zero-order chi connectivity index (χ0) is 16.4. The lowest BCUT2D eigenvalue weighted by molar-refractivity contribution is 0.0696. The molecule has 0 radical (unpaired) electrons. The summed E-state index contributed by atoms with van der Waals surface area (Å²) in [6, 6.07) is 11.5. The third-order valence-corrected chi connectivity index (χ3v) is 3.36. The highest BCUT2D eigenvalue weighted by Crippen LogP contribution is 2.28. The summed E-state index contributed by atoms with van der Waals surface area (Å²) in [5.41, 5.74) is 1.83. The van der Waals surface area contributed by atoms with Crippen LogP contribution in [0.5, 0.6) is 5.75 Å². The molecule has 3 aromatic rings. The number of aromatic nitrogens is 2. The third kappa shape index (κ3) is 2.76. The van der Waals surface area contributed by atoms with Crippen LogP contribution in [-0.4, -0.2) is 25.7 Å². The first kappa shape index (κ1) is 14.4. The van der Waals surface area contributed by atoms with Crippen LogP contribution in [0.1, 0.15) is 15.9 Å². The molecule has 23 heavy (non-hydrogen) atoms. The molecular formula is C17H11N3O3. The molecule has 0 amide bonds. The Balaban J connectivity index is 2.11. The van der Waals surface area contributed by atoms with Gasteiger partial charge >= 0.3 is 5.97 Å². The number of hydrogen-bond donors (Lipinski definition) is 2. The predicted molar refractivity (Wildman–Crippen MR) is 82.3 cm³/mol. The molecule has 0 aliphatic heterocycles. The molecule has 0 atom stereocenters. The van der Waals surface area contributed by atoms with E-state index in [1.165, 1.54) is 18.3 Å². The van der Waals surface area contributed by atoms with Crippen LogP contribution in [0.15, 0.2) is 55.0 Å². The van der Waals surface area contributed by atoms with Crippen molar-refractivity contribution < 1.29 is 15.0 Å². The number of hydrogen-bond acceptors (Lipinski definition) is 4. The fourth-order valence-corrected chi connectivity index (χ4v) is 2.27. The van der Waals surface area contributed by atoms with Crippen molar-refractivity contribution in [3.05, 3.63) is 66.1 Å². The number of nitrogens with zero attached hydrogens (tertiary/aromatic N) is 3. The number of pyridine rings is 1. The Kier molecular flexibility index (Phi) is 3.53. The number of nitriles is 1. The average molecular weight is 305 g/mol. The predicted octanol–water partition coefficient (Wildman–Crippen LogP) is 2.81. The van der Waals surface area contributed by atoms with Crippen LogP contribution < -0.4 is 0 Å². The average Bonchev–Trinajstić information content (AvgIpc) is 2.99. The summed E-state index contributed by atoms with van der Waals surface area (Å²) >= 11 is 0. The number of carbonyl (C=O) groups is 1. The second-order valence-electron chi connectivity index (χ2n) is 4.86. The summed E-state index contributed by atoms with van der Waals surface area (Å²) < 4.78 is 1.59. The van der Waals surface area contributed by atoms with E-state index in [9.17, 15) is 15.2 Å². The van der Waals surface area contributed by atoms with Crippen molar-refractivity contribution in [3.63, 3.8) is 0 Å². The summed E-state index contributed by atoms with van der Waals surface area (Å²) in [5.74, 6) is -0.549. The van der Waals surface area contributed by atoms with Crippen molar-refractivity contribution in [1.82, 2.24) is 9.55 Å². The zero-order valence-electron chi connectivity index (χ0n) is 11.8. The van der Waals surface area contributed by atoms with E-state index in [0.717, 1.165) is 0 Å². The molecule has 1 aromatic carbocycles. The monoisotopic (exact) mass is 305 g/mol. The van der Waals surface area contributed by atoms with Crippen molar-refractivity contribution in [2.24, 2.45) is 0 Å². The molecule has 0 spiro atoms. The van der Waals surface area contributed by atoms with Gasteiger partial charge in [-0.05, 0) is 29.8 Å². The number of aromatic hydroxyl groups is 1. The van der Waals surface area contributed by atoms with Gasteiger partial charge in [-0.25, -0.2) is 9.78 Å². The number of rotatable bonds is 3. The van der Waals surface area contributed by atoms with Crippen LogP contribution in [0.2, 0.25) is 0 Å². The molecule has 0 unspecified atom stereocenters. The molecule has 2 aromatic heterocycles. The Bertz CT molecular complexity index is 938. The molecule has 0 bridgehead atoms. The maximum atomic E-state index is 11.1. The molecule has 2 N–H and O–H groups in total. The van der Waals surface area contributed by atoms with E-state index in [0.29, 0.717) is 22.5 Å². The fraction of sp³-hybridized carbons (Fsp3) is 0. The van der Waals surface area contributed by atoms with E-state index in [1.54, 1.807) is 41.2 Å². The molecule has 6 heteroatoms. The molecule has 0 saturated heterocycles. The summed E-state index contributed by atoms with van der Waals surface area (Å²) in [7, 11) is 0. The molecule has 0 aliphatic rings. The van der Waals surface area contributed by atoms with Crippen molar-refractivity contribution in [3.8, 4) is 28.8 Å². The van der Waals surface area contributed by atoms with Crippen LogP contribution in [0.4, 0.5) is 0 Å². The molecule has 0 saturated carbocycles. The van der Waals surface area contributed by atoms with E-state index < -0.39 is 5.97 Å². The van der Waals surface area contributed by atoms with Crippen molar-refractivity contribution >= 4 is 5.97 Å². The first-order chi connectivity index (χ1) is 11.1. The van der Waals surface area contributed by atoms with Crippen molar-refractivity contribution in [2.75, 3.05) is 0 Å². The van der Waals surface area contributed by atoms with Gasteiger partial charge in [0.2, 0.25) is 0 Å². The van der Waals surface area contributed by atoms with Crippen LogP contribution >= 0.6 is 0 Å². The highest BCUT2D eigenvalue weighted by molar-refractivity contribution is 5.88. The molecule has 3 rings (SSSR count). The highest BCUT2D eigenvalue weighted by atomic mass is 16.4. The van der Waals surface area contributed by atoms with Gasteiger partial charge in [0.1, 0.15) is 17.6 Å². The minimum atomic E-state index is -1.05. The van der Waals surface area contributed by atoms with Gasteiger partial charge in [0.15, 0.2) is 0 Å². The summed E-state index contributed by atoms with van der Waals surface area (Å²) in [6.45, 7) is 0. The maximum absolute atomic E-state index is 11.1. The SMILES string of the molecule is N#Cc1cn(-c2cc(C(=O)O)ccn2)cc1-c1cccc(O)c1. The minimum Gasteiger partial charge on any atom is -0.508 e. The van der Waals surface area contributed by atoms with Gasteiger partial charge in [0, 0.05) is 24.2 Å². The Hall–Kier alpha value is -3.59. The molecule has 6 nitrogen and oxygen atoms in total. The normalized spacial score (nSPS) is 10.2. The fourth-order valence-electron chi connectivity index (χ4n) is 2.27. The lowest BCUT2D eigenvalue weighted by Crippen LogP contribution is -2.00. The summed E-state index contributed by atoms with van der Waals surface area (Å²) in [5, 5.41) is 28.0. The van der Waals surface area contributed by atoms with Gasteiger partial charge < -0.3 is 14.8 Å².